The van der Waals surface area contributed by atoms with E-state index >= 15 is 0 Å². The highest BCUT2D eigenvalue weighted by Crippen LogP contribution is 2.33. The first-order chi connectivity index (χ1) is 11.9. The lowest BCUT2D eigenvalue weighted by Gasteiger charge is -2.31. The summed E-state index contributed by atoms with van der Waals surface area (Å²) in [5, 5.41) is -0.515. The predicted molar refractivity (Wildman–Crippen MR) is 91.8 cm³/mol. The monoisotopic (exact) mass is 372 g/mol. The van der Waals surface area contributed by atoms with E-state index in [1.54, 1.807) is 4.90 Å². The van der Waals surface area contributed by atoms with Gasteiger partial charge < -0.3 is 4.90 Å². The van der Waals surface area contributed by atoms with Crippen molar-refractivity contribution in [3.05, 3.63) is 27.7 Å². The maximum Gasteiger partial charge on any atom is 0.417 e. The third-order valence-corrected chi connectivity index (χ3v) is 4.24. The minimum Gasteiger partial charge on any atom is -0.336 e. The van der Waals surface area contributed by atoms with Crippen molar-refractivity contribution in [2.75, 3.05) is 0 Å². The summed E-state index contributed by atoms with van der Waals surface area (Å²) in [6, 6.07) is 0.655. The van der Waals surface area contributed by atoms with Crippen LogP contribution in [0, 0.1) is 6.92 Å². The van der Waals surface area contributed by atoms with Crippen molar-refractivity contribution in [3.63, 3.8) is 0 Å². The van der Waals surface area contributed by atoms with Crippen LogP contribution < -0.4 is 5.56 Å². The molecule has 26 heavy (non-hydrogen) atoms. The maximum absolute atomic E-state index is 13.4. The van der Waals surface area contributed by atoms with Gasteiger partial charge in [0.1, 0.15) is 6.54 Å². The summed E-state index contributed by atoms with van der Waals surface area (Å²) in [6.07, 6.45) is -4.68. The quantitative estimate of drug-likeness (QED) is 0.829. The van der Waals surface area contributed by atoms with E-state index in [0.29, 0.717) is 0 Å². The molecule has 6 nitrogen and oxygen atoms in total. The Labute approximate surface area is 149 Å². The molecular weight excluding hydrogens is 349 g/mol. The standard InChI is InChI=1S/C17H23F3N4O2/c1-9(2)24(10(3)4)13(25)8-23-16(26)14-12(17(18,19)20)7-11(5)21-15(14)22(23)6/h7,9-10H,8H2,1-6H3. The summed E-state index contributed by atoms with van der Waals surface area (Å²) < 4.78 is 42.3. The molecule has 0 N–H and O–H groups in total. The van der Waals surface area contributed by atoms with E-state index < -0.39 is 22.7 Å². The van der Waals surface area contributed by atoms with Gasteiger partial charge in [0.2, 0.25) is 5.91 Å². The number of rotatable bonds is 4. The van der Waals surface area contributed by atoms with Crippen molar-refractivity contribution in [2.45, 2.75) is 59.4 Å². The van der Waals surface area contributed by atoms with Gasteiger partial charge in [-0.15, -0.1) is 0 Å². The summed E-state index contributed by atoms with van der Waals surface area (Å²) >= 11 is 0. The van der Waals surface area contributed by atoms with Crippen LogP contribution in [0.2, 0.25) is 0 Å². The lowest BCUT2D eigenvalue weighted by Crippen LogP contribution is -2.45. The maximum atomic E-state index is 13.4. The molecule has 2 aromatic rings. The molecule has 0 radical (unpaired) electrons. The zero-order chi connectivity index (χ0) is 20.0. The Hall–Kier alpha value is -2.32. The van der Waals surface area contributed by atoms with E-state index in [0.717, 1.165) is 10.7 Å². The van der Waals surface area contributed by atoms with Crippen LogP contribution in [-0.2, 0) is 24.6 Å². The fourth-order valence-corrected chi connectivity index (χ4v) is 3.26. The fraction of sp³-hybridized carbons (Fsp3) is 0.588. The number of aryl methyl sites for hydroxylation is 2. The van der Waals surface area contributed by atoms with Gasteiger partial charge in [-0.2, -0.15) is 13.2 Å². The van der Waals surface area contributed by atoms with Crippen molar-refractivity contribution in [1.82, 2.24) is 19.2 Å². The Morgan fingerprint density at radius 3 is 2.23 bits per heavy atom. The van der Waals surface area contributed by atoms with Gasteiger partial charge in [0.25, 0.3) is 5.56 Å². The van der Waals surface area contributed by atoms with Gasteiger partial charge in [-0.05, 0) is 40.7 Å². The fourth-order valence-electron chi connectivity index (χ4n) is 3.26. The highest BCUT2D eigenvalue weighted by atomic mass is 19.4. The number of amides is 1. The molecule has 2 heterocycles. The van der Waals surface area contributed by atoms with Gasteiger partial charge in [0.15, 0.2) is 5.65 Å². The minimum absolute atomic E-state index is 0.0873. The van der Waals surface area contributed by atoms with Crippen LogP contribution in [0.1, 0.15) is 39.0 Å². The SMILES string of the molecule is Cc1cc(C(F)(F)F)c2c(=O)n(CC(=O)N(C(C)C)C(C)C)n(C)c2n1. The first-order valence-corrected chi connectivity index (χ1v) is 8.31. The number of aromatic nitrogens is 3. The number of hydrogen-bond acceptors (Lipinski definition) is 3. The third-order valence-electron chi connectivity index (χ3n) is 4.24. The highest BCUT2D eigenvalue weighted by molar-refractivity contribution is 5.81. The van der Waals surface area contributed by atoms with Crippen molar-refractivity contribution >= 4 is 16.9 Å². The smallest absolute Gasteiger partial charge is 0.336 e. The number of nitrogens with zero attached hydrogens (tertiary/aromatic N) is 4. The number of hydrogen-bond donors (Lipinski definition) is 0. The minimum atomic E-state index is -4.68. The highest BCUT2D eigenvalue weighted by Gasteiger charge is 2.36. The summed E-state index contributed by atoms with van der Waals surface area (Å²) in [6.45, 7) is 8.45. The molecule has 144 valence electrons. The molecule has 0 aromatic carbocycles. The second-order valence-electron chi connectivity index (χ2n) is 6.88. The van der Waals surface area contributed by atoms with Crippen LogP contribution in [0.3, 0.4) is 0 Å². The van der Waals surface area contributed by atoms with Gasteiger partial charge in [-0.1, -0.05) is 0 Å². The summed E-state index contributed by atoms with van der Waals surface area (Å²) in [7, 11) is 1.43. The second-order valence-corrected chi connectivity index (χ2v) is 6.88. The van der Waals surface area contributed by atoms with Gasteiger partial charge >= 0.3 is 6.18 Å². The summed E-state index contributed by atoms with van der Waals surface area (Å²) in [5.41, 5.74) is -1.84. The second kappa shape index (κ2) is 6.77. The van der Waals surface area contributed by atoms with Crippen molar-refractivity contribution in [2.24, 2.45) is 7.05 Å². The first-order valence-electron chi connectivity index (χ1n) is 8.31. The van der Waals surface area contributed by atoms with E-state index in [1.165, 1.54) is 18.7 Å². The molecule has 2 rings (SSSR count). The number of halogens is 3. The predicted octanol–water partition coefficient (Wildman–Crippen LogP) is 2.71. The molecule has 0 bridgehead atoms. The Balaban J connectivity index is 2.64. The summed E-state index contributed by atoms with van der Waals surface area (Å²) in [5.74, 6) is -0.340. The van der Waals surface area contributed by atoms with Crippen LogP contribution in [0.4, 0.5) is 13.2 Å². The van der Waals surface area contributed by atoms with E-state index in [4.69, 9.17) is 0 Å². The largest absolute Gasteiger partial charge is 0.417 e. The van der Waals surface area contributed by atoms with E-state index in [-0.39, 0.29) is 35.9 Å². The zero-order valence-corrected chi connectivity index (χ0v) is 15.7. The molecule has 1 amide bonds. The molecule has 0 aliphatic rings. The Bertz CT molecular complexity index is 886. The first kappa shape index (κ1) is 20.0. The van der Waals surface area contributed by atoms with Gasteiger partial charge in [0, 0.05) is 24.8 Å². The Morgan fingerprint density at radius 2 is 1.77 bits per heavy atom. The van der Waals surface area contributed by atoms with E-state index in [9.17, 15) is 22.8 Å². The number of pyridine rings is 1. The normalized spacial score (nSPS) is 12.4. The number of carbonyl (C=O) groups excluding carboxylic acids is 1. The summed E-state index contributed by atoms with van der Waals surface area (Å²) in [4.78, 5) is 31.0. The molecule has 0 aliphatic heterocycles. The topological polar surface area (TPSA) is 60.1 Å². The molecule has 0 spiro atoms. The lowest BCUT2D eigenvalue weighted by atomic mass is 10.1. The van der Waals surface area contributed by atoms with Crippen LogP contribution in [0.15, 0.2) is 10.9 Å². The van der Waals surface area contributed by atoms with Crippen LogP contribution in [0.25, 0.3) is 11.0 Å². The Morgan fingerprint density at radius 1 is 1.23 bits per heavy atom. The van der Waals surface area contributed by atoms with Crippen LogP contribution >= 0.6 is 0 Å². The van der Waals surface area contributed by atoms with E-state index in [2.05, 4.69) is 4.98 Å². The van der Waals surface area contributed by atoms with Crippen molar-refractivity contribution < 1.29 is 18.0 Å². The lowest BCUT2D eigenvalue weighted by molar-refractivity contribution is -0.136. The van der Waals surface area contributed by atoms with Gasteiger partial charge in [-0.25, -0.2) is 9.67 Å². The Kier molecular flexibility index (Phi) is 5.21. The molecule has 0 saturated carbocycles. The molecule has 0 unspecified atom stereocenters. The van der Waals surface area contributed by atoms with Crippen molar-refractivity contribution in [1.29, 1.82) is 0 Å². The van der Waals surface area contributed by atoms with Crippen LogP contribution in [0.5, 0.6) is 0 Å². The molecule has 0 saturated heterocycles. The molecule has 9 heteroatoms. The zero-order valence-electron chi connectivity index (χ0n) is 15.7. The third kappa shape index (κ3) is 3.47. The van der Waals surface area contributed by atoms with Gasteiger partial charge in [-0.3, -0.25) is 14.3 Å². The van der Waals surface area contributed by atoms with E-state index in [1.807, 2.05) is 27.7 Å². The molecular formula is C17H23F3N4O2. The molecule has 2 aromatic heterocycles. The van der Waals surface area contributed by atoms with Crippen molar-refractivity contribution in [3.8, 4) is 0 Å². The number of carbonyl (C=O) groups is 1. The van der Waals surface area contributed by atoms with Crippen LogP contribution in [-0.4, -0.2) is 37.2 Å². The average Bonchev–Trinajstić information content (AvgIpc) is 2.69. The number of fused-ring (bicyclic) bond motifs is 1. The average molecular weight is 372 g/mol. The van der Waals surface area contributed by atoms with Gasteiger partial charge in [0.05, 0.1) is 10.9 Å². The number of alkyl halides is 3. The molecule has 0 aliphatic carbocycles. The molecule has 0 atom stereocenters. The molecule has 0 fully saturated rings.